The van der Waals surface area contributed by atoms with Gasteiger partial charge in [0.05, 0.1) is 16.3 Å². The Morgan fingerprint density at radius 2 is 1.77 bits per heavy atom. The first-order valence-electron chi connectivity index (χ1n) is 11.2. The predicted molar refractivity (Wildman–Crippen MR) is 146 cm³/mol. The number of hydrogen-bond donors (Lipinski definition) is 3. The van der Waals surface area contributed by atoms with E-state index in [0.717, 1.165) is 15.5 Å². The second-order valence-corrected chi connectivity index (χ2v) is 8.92. The zero-order chi connectivity index (χ0) is 24.8. The summed E-state index contributed by atoms with van der Waals surface area (Å²) in [7, 11) is 0. The monoisotopic (exact) mass is 531 g/mol. The zero-order valence-corrected chi connectivity index (χ0v) is 21.3. The van der Waals surface area contributed by atoms with Crippen LogP contribution in [-0.2, 0) is 4.79 Å². The Bertz CT molecular complexity index is 1390. The molecule has 3 N–H and O–H groups in total. The highest BCUT2D eigenvalue weighted by Gasteiger charge is 2.12. The van der Waals surface area contributed by atoms with Crippen LogP contribution in [0.2, 0.25) is 0 Å². The second kappa shape index (κ2) is 11.0. The second-order valence-electron chi connectivity index (χ2n) is 8.07. The fourth-order valence-electron chi connectivity index (χ4n) is 3.44. The van der Waals surface area contributed by atoms with Gasteiger partial charge in [0.2, 0.25) is 11.9 Å². The number of ether oxygens (including phenoxy) is 1. The third-order valence-corrected chi connectivity index (χ3v) is 5.51. The number of fused-ring (bicyclic) bond motifs is 1. The first kappa shape index (κ1) is 24.2. The zero-order valence-electron chi connectivity index (χ0n) is 19.7. The Balaban J connectivity index is 1.61. The topological polar surface area (TPSA) is 88.2 Å². The highest BCUT2D eigenvalue weighted by Crippen LogP contribution is 2.32. The van der Waals surface area contributed by atoms with Crippen LogP contribution in [0.4, 0.5) is 28.8 Å². The fourth-order valence-corrected chi connectivity index (χ4v) is 3.73. The number of nitrogens with one attached hydrogen (secondary N) is 3. The average molecular weight is 532 g/mol. The molecule has 0 spiro atoms. The summed E-state index contributed by atoms with van der Waals surface area (Å²) < 4.78 is 6.67. The van der Waals surface area contributed by atoms with E-state index in [1.54, 1.807) is 37.4 Å². The number of allylic oxidation sites excluding steroid dienone is 1. The summed E-state index contributed by atoms with van der Waals surface area (Å²) >= 11 is 3.53. The van der Waals surface area contributed by atoms with Gasteiger partial charge in [-0.05, 0) is 83.9 Å². The van der Waals surface area contributed by atoms with Crippen LogP contribution in [0.1, 0.15) is 20.8 Å². The highest BCUT2D eigenvalue weighted by molar-refractivity contribution is 9.10. The van der Waals surface area contributed by atoms with Gasteiger partial charge in [-0.1, -0.05) is 36.4 Å². The lowest BCUT2D eigenvalue weighted by Gasteiger charge is -2.17. The minimum Gasteiger partial charge on any atom is -0.489 e. The molecular formula is C27H26BrN5O2. The molecule has 4 rings (SSSR count). The van der Waals surface area contributed by atoms with Crippen molar-refractivity contribution in [1.29, 1.82) is 0 Å². The minimum absolute atomic E-state index is 0.0324. The summed E-state index contributed by atoms with van der Waals surface area (Å²) in [4.78, 5) is 21.0. The van der Waals surface area contributed by atoms with Crippen LogP contribution in [0.5, 0.6) is 5.75 Å². The molecule has 1 heterocycles. The molecule has 1 aromatic heterocycles. The Kier molecular flexibility index (Phi) is 7.62. The number of aromatic nitrogens is 2. The van der Waals surface area contributed by atoms with Gasteiger partial charge in [-0.15, -0.1) is 0 Å². The van der Waals surface area contributed by atoms with Crippen molar-refractivity contribution >= 4 is 61.4 Å². The number of rotatable bonds is 8. The van der Waals surface area contributed by atoms with E-state index in [4.69, 9.17) is 4.74 Å². The lowest BCUT2D eigenvalue weighted by molar-refractivity contribution is -0.111. The standard InChI is InChI=1S/C27H26BrN5O2/c1-4-7-25(34)30-21-12-13-24(35-17(2)3)23(15-21)32-27-29-16-22(28)26(33-27)31-20-11-10-18-8-5-6-9-19(18)14-20/h4-17H,1-3H3,(H,30,34)(H2,29,31,32,33)/b7-4+. The summed E-state index contributed by atoms with van der Waals surface area (Å²) in [5, 5.41) is 11.7. The van der Waals surface area contributed by atoms with Gasteiger partial charge in [-0.2, -0.15) is 4.98 Å². The van der Waals surface area contributed by atoms with Crippen molar-refractivity contribution in [1.82, 2.24) is 9.97 Å². The van der Waals surface area contributed by atoms with Crippen molar-refractivity contribution in [3.05, 3.63) is 83.5 Å². The Labute approximate surface area is 212 Å². The number of hydrogen-bond acceptors (Lipinski definition) is 6. The summed E-state index contributed by atoms with van der Waals surface area (Å²) in [6, 6.07) is 19.7. The first-order valence-corrected chi connectivity index (χ1v) is 12.0. The van der Waals surface area contributed by atoms with E-state index < -0.39 is 0 Å². The molecule has 8 heteroatoms. The first-order chi connectivity index (χ1) is 16.9. The molecule has 0 saturated heterocycles. The lowest BCUT2D eigenvalue weighted by atomic mass is 10.1. The molecule has 0 atom stereocenters. The van der Waals surface area contributed by atoms with Crippen LogP contribution in [0.15, 0.2) is 83.5 Å². The number of nitrogens with zero attached hydrogens (tertiary/aromatic N) is 2. The van der Waals surface area contributed by atoms with Gasteiger partial charge in [-0.3, -0.25) is 4.79 Å². The molecule has 0 aliphatic carbocycles. The van der Waals surface area contributed by atoms with E-state index in [1.807, 2.05) is 32.0 Å². The van der Waals surface area contributed by atoms with Crippen molar-refractivity contribution in [2.24, 2.45) is 0 Å². The Hall–Kier alpha value is -3.91. The van der Waals surface area contributed by atoms with Gasteiger partial charge in [-0.25, -0.2) is 4.98 Å². The highest BCUT2D eigenvalue weighted by atomic mass is 79.9. The number of halogens is 1. The molecular weight excluding hydrogens is 506 g/mol. The molecule has 0 aliphatic rings. The maximum atomic E-state index is 12.0. The Morgan fingerprint density at radius 1 is 1.00 bits per heavy atom. The number of carbonyl (C=O) groups excluding carboxylic acids is 1. The van der Waals surface area contributed by atoms with Gasteiger partial charge in [0.25, 0.3) is 0 Å². The minimum atomic E-state index is -0.210. The molecule has 0 saturated carbocycles. The molecule has 3 aromatic carbocycles. The Morgan fingerprint density at radius 3 is 2.54 bits per heavy atom. The lowest BCUT2D eigenvalue weighted by Crippen LogP contribution is -2.11. The summed E-state index contributed by atoms with van der Waals surface area (Å²) in [5.74, 6) is 1.40. The van der Waals surface area contributed by atoms with E-state index in [1.165, 1.54) is 11.5 Å². The molecule has 0 bridgehead atoms. The third kappa shape index (κ3) is 6.36. The van der Waals surface area contributed by atoms with Crippen molar-refractivity contribution in [3.8, 4) is 5.75 Å². The smallest absolute Gasteiger partial charge is 0.248 e. The van der Waals surface area contributed by atoms with Gasteiger partial charge >= 0.3 is 0 Å². The van der Waals surface area contributed by atoms with Crippen molar-refractivity contribution in [3.63, 3.8) is 0 Å². The van der Waals surface area contributed by atoms with E-state index in [0.29, 0.717) is 28.9 Å². The molecule has 4 aromatic rings. The van der Waals surface area contributed by atoms with Crippen LogP contribution < -0.4 is 20.7 Å². The summed E-state index contributed by atoms with van der Waals surface area (Å²) in [6.45, 7) is 5.70. The molecule has 1 amide bonds. The molecule has 0 aliphatic heterocycles. The fraction of sp³-hybridized carbons (Fsp3) is 0.148. The van der Waals surface area contributed by atoms with Crippen LogP contribution in [0, 0.1) is 0 Å². The molecule has 0 unspecified atom stereocenters. The van der Waals surface area contributed by atoms with Crippen molar-refractivity contribution < 1.29 is 9.53 Å². The molecule has 0 radical (unpaired) electrons. The number of benzene rings is 3. The SMILES string of the molecule is C/C=C/C(=O)Nc1ccc(OC(C)C)c(Nc2ncc(Br)c(Nc3ccc4ccccc4c3)n2)c1. The van der Waals surface area contributed by atoms with E-state index in [9.17, 15) is 4.79 Å². The van der Waals surface area contributed by atoms with Crippen LogP contribution >= 0.6 is 15.9 Å². The van der Waals surface area contributed by atoms with E-state index in [-0.39, 0.29) is 12.0 Å². The van der Waals surface area contributed by atoms with Gasteiger partial charge < -0.3 is 20.7 Å². The quantitative estimate of drug-likeness (QED) is 0.208. The normalized spacial score (nSPS) is 11.1. The van der Waals surface area contributed by atoms with Crippen molar-refractivity contribution in [2.75, 3.05) is 16.0 Å². The summed E-state index contributed by atoms with van der Waals surface area (Å²) in [6.07, 6.45) is 4.80. The van der Waals surface area contributed by atoms with Gasteiger partial charge in [0.1, 0.15) is 11.6 Å². The number of amides is 1. The van der Waals surface area contributed by atoms with Gasteiger partial charge in [0.15, 0.2) is 0 Å². The van der Waals surface area contributed by atoms with Crippen LogP contribution in [-0.4, -0.2) is 22.0 Å². The average Bonchev–Trinajstić information content (AvgIpc) is 2.82. The third-order valence-electron chi connectivity index (χ3n) is 4.93. The largest absolute Gasteiger partial charge is 0.489 e. The van der Waals surface area contributed by atoms with Crippen LogP contribution in [0.3, 0.4) is 0 Å². The maximum absolute atomic E-state index is 12.0. The van der Waals surface area contributed by atoms with Crippen molar-refractivity contribution in [2.45, 2.75) is 26.9 Å². The number of anilines is 5. The predicted octanol–water partition coefficient (Wildman–Crippen LogP) is 7.18. The maximum Gasteiger partial charge on any atom is 0.248 e. The number of carbonyl (C=O) groups is 1. The molecule has 0 fully saturated rings. The van der Waals surface area contributed by atoms with E-state index in [2.05, 4.69) is 66.1 Å². The molecule has 7 nitrogen and oxygen atoms in total. The molecule has 35 heavy (non-hydrogen) atoms. The van der Waals surface area contributed by atoms with Gasteiger partial charge in [0, 0.05) is 17.6 Å². The van der Waals surface area contributed by atoms with E-state index >= 15 is 0 Å². The van der Waals surface area contributed by atoms with Crippen LogP contribution in [0.25, 0.3) is 10.8 Å². The molecule has 178 valence electrons. The summed E-state index contributed by atoms with van der Waals surface area (Å²) in [5.41, 5.74) is 2.17.